The maximum absolute atomic E-state index is 14.1. The number of fused-ring (bicyclic) bond motifs is 1. The number of thioether (sulfide) groups is 3. The van der Waals surface area contributed by atoms with E-state index in [4.69, 9.17) is 4.74 Å². The second-order valence-corrected chi connectivity index (χ2v) is 16.6. The van der Waals surface area contributed by atoms with Crippen LogP contribution in [0.2, 0.25) is 0 Å². The monoisotopic (exact) mass is 739 g/mol. The lowest BCUT2D eigenvalue weighted by Crippen LogP contribution is -2.78. The topological polar surface area (TPSA) is 171 Å². The van der Waals surface area contributed by atoms with E-state index in [2.05, 4.69) is 20.2 Å². The molecule has 3 aliphatic heterocycles. The van der Waals surface area contributed by atoms with Crippen molar-refractivity contribution in [1.29, 1.82) is 0 Å². The Labute approximate surface area is 291 Å². The highest BCUT2D eigenvalue weighted by Crippen LogP contribution is 2.51. The number of β-lactam (4-membered cyclic amide) rings is 1. The molecule has 0 radical (unpaired) electrons. The summed E-state index contributed by atoms with van der Waals surface area (Å²) in [5.41, 5.74) is 0.0406. The van der Waals surface area contributed by atoms with Gasteiger partial charge in [-0.1, -0.05) is 10.6 Å². The Balaban J connectivity index is 1.38. The van der Waals surface area contributed by atoms with Crippen LogP contribution in [-0.2, 0) is 28.7 Å². The standard InChI is InChI=1S/C28H33N7O7S5/c1-6-33-9-10-34(22(38)21(33)37)26(41)30-18(16-8-7-11-44-16)20(36)31-28(43-5)24(40)35-19(23(39)42-27(2,3)4)15(14-46-25(28)35)13-45-17-12-29-32-47-17/h7-8,11-12,18,25H,6,9-10,13-14H2,1-5H3,(H,30,41)(H,31,36)/t18?,25-,28-/m0/s1. The summed E-state index contributed by atoms with van der Waals surface area (Å²) in [4.78, 5) is 82.5. The number of hydrogen-bond donors (Lipinski definition) is 2. The molecular weight excluding hydrogens is 707 g/mol. The van der Waals surface area contributed by atoms with E-state index in [1.807, 2.05) is 0 Å². The minimum absolute atomic E-state index is 0.0240. The van der Waals surface area contributed by atoms with Gasteiger partial charge in [0.2, 0.25) is 5.91 Å². The van der Waals surface area contributed by atoms with E-state index in [9.17, 15) is 28.8 Å². The first-order valence-corrected chi connectivity index (χ1v) is 19.3. The Morgan fingerprint density at radius 1 is 1.19 bits per heavy atom. The number of ether oxygens (including phenoxy) is 1. The van der Waals surface area contributed by atoms with Crippen LogP contribution in [0.25, 0.3) is 0 Å². The molecule has 3 atom stereocenters. The number of likely N-dealkylation sites (N-methyl/N-ethyl adjacent to an activating group) is 1. The number of thiophene rings is 1. The third-order valence-corrected chi connectivity index (χ3v) is 12.9. The smallest absolute Gasteiger partial charge is 0.355 e. The second-order valence-electron chi connectivity index (χ2n) is 11.5. The van der Waals surface area contributed by atoms with Crippen LogP contribution in [0, 0.1) is 0 Å². The third-order valence-electron chi connectivity index (χ3n) is 7.36. The molecule has 2 N–H and O–H groups in total. The molecule has 5 heterocycles. The molecule has 1 unspecified atom stereocenters. The van der Waals surface area contributed by atoms with Crippen molar-refractivity contribution in [1.82, 2.24) is 34.9 Å². The fraction of sp³-hybridized carbons (Fsp3) is 0.500. The number of aromatic nitrogens is 2. The lowest BCUT2D eigenvalue weighted by molar-refractivity contribution is -0.160. The average Bonchev–Trinajstić information content (AvgIpc) is 3.76. The lowest BCUT2D eigenvalue weighted by Gasteiger charge is -2.56. The Hall–Kier alpha value is -3.13. The Bertz CT molecular complexity index is 1590. The molecule has 0 bridgehead atoms. The van der Waals surface area contributed by atoms with E-state index < -0.39 is 57.5 Å². The van der Waals surface area contributed by atoms with Crippen LogP contribution < -0.4 is 10.6 Å². The number of carbonyl (C=O) groups excluding carboxylic acids is 6. The predicted molar refractivity (Wildman–Crippen MR) is 181 cm³/mol. The van der Waals surface area contributed by atoms with Crippen molar-refractivity contribution in [2.75, 3.05) is 37.4 Å². The molecule has 0 aliphatic carbocycles. The molecule has 252 valence electrons. The number of nitrogens with zero attached hydrogens (tertiary/aromatic N) is 5. The van der Waals surface area contributed by atoms with E-state index >= 15 is 0 Å². The van der Waals surface area contributed by atoms with Crippen molar-refractivity contribution >= 4 is 93.8 Å². The summed E-state index contributed by atoms with van der Waals surface area (Å²) in [7, 11) is 0. The molecule has 0 spiro atoms. The molecule has 3 aliphatic rings. The maximum atomic E-state index is 14.1. The van der Waals surface area contributed by atoms with Gasteiger partial charge in [-0.05, 0) is 62.5 Å². The normalized spacial score (nSPS) is 22.1. The zero-order valence-corrected chi connectivity index (χ0v) is 30.2. The highest BCUT2D eigenvalue weighted by Gasteiger charge is 2.66. The number of imide groups is 1. The van der Waals surface area contributed by atoms with Gasteiger partial charge in [-0.15, -0.1) is 51.7 Å². The summed E-state index contributed by atoms with van der Waals surface area (Å²) in [6.45, 7) is 7.45. The van der Waals surface area contributed by atoms with Crippen molar-refractivity contribution < 1.29 is 33.5 Å². The fourth-order valence-corrected chi connectivity index (χ4v) is 10.1. The molecule has 2 fully saturated rings. The second kappa shape index (κ2) is 14.2. The summed E-state index contributed by atoms with van der Waals surface area (Å²) in [6, 6.07) is 1.19. The van der Waals surface area contributed by atoms with Gasteiger partial charge in [0.15, 0.2) is 4.87 Å². The highest BCUT2D eigenvalue weighted by molar-refractivity contribution is 8.05. The predicted octanol–water partition coefficient (Wildman–Crippen LogP) is 2.52. The summed E-state index contributed by atoms with van der Waals surface area (Å²) in [5.74, 6) is -2.81. The molecule has 14 nitrogen and oxygen atoms in total. The average molecular weight is 740 g/mol. The maximum Gasteiger partial charge on any atom is 0.355 e. The van der Waals surface area contributed by atoms with Gasteiger partial charge in [0.1, 0.15) is 26.9 Å². The van der Waals surface area contributed by atoms with E-state index in [0.29, 0.717) is 28.5 Å². The summed E-state index contributed by atoms with van der Waals surface area (Å²) in [6.07, 6.45) is 3.32. The molecule has 6 amide bonds. The first-order valence-electron chi connectivity index (χ1n) is 14.4. The Morgan fingerprint density at radius 2 is 1.96 bits per heavy atom. The van der Waals surface area contributed by atoms with Crippen LogP contribution in [0.5, 0.6) is 0 Å². The lowest BCUT2D eigenvalue weighted by atomic mass is 10.0. The zero-order valence-electron chi connectivity index (χ0n) is 26.1. The minimum atomic E-state index is -1.46. The number of esters is 1. The van der Waals surface area contributed by atoms with Gasteiger partial charge in [0.25, 0.3) is 5.91 Å². The van der Waals surface area contributed by atoms with Crippen LogP contribution >= 0.6 is 58.2 Å². The molecule has 0 aromatic carbocycles. The van der Waals surface area contributed by atoms with Gasteiger partial charge in [-0.3, -0.25) is 29.0 Å². The Morgan fingerprint density at radius 3 is 2.57 bits per heavy atom. The fourth-order valence-electron chi connectivity index (χ4n) is 5.10. The van der Waals surface area contributed by atoms with Crippen LogP contribution in [0.1, 0.15) is 38.6 Å². The van der Waals surface area contributed by atoms with Gasteiger partial charge in [-0.2, -0.15) is 0 Å². The van der Waals surface area contributed by atoms with E-state index in [1.54, 1.807) is 57.7 Å². The molecular formula is C28H33N7O7S5. The van der Waals surface area contributed by atoms with Crippen LogP contribution in [0.4, 0.5) is 4.79 Å². The number of nitrogens with one attached hydrogen (secondary N) is 2. The number of carbonyl (C=O) groups is 6. The minimum Gasteiger partial charge on any atom is -0.455 e. The first-order chi connectivity index (χ1) is 22.3. The molecule has 5 rings (SSSR count). The van der Waals surface area contributed by atoms with Crippen molar-refractivity contribution in [2.24, 2.45) is 0 Å². The first kappa shape index (κ1) is 35.2. The number of amides is 6. The van der Waals surface area contributed by atoms with Gasteiger partial charge < -0.3 is 20.3 Å². The molecule has 2 aromatic rings. The Kier molecular flexibility index (Phi) is 10.6. The van der Waals surface area contributed by atoms with E-state index in [-0.39, 0.29) is 18.8 Å². The van der Waals surface area contributed by atoms with Crippen molar-refractivity contribution in [3.05, 3.63) is 39.9 Å². The summed E-state index contributed by atoms with van der Waals surface area (Å²) in [5, 5.41) is 10.4. The quantitative estimate of drug-likeness (QED) is 0.120. The summed E-state index contributed by atoms with van der Waals surface area (Å²) < 4.78 is 10.4. The van der Waals surface area contributed by atoms with Crippen molar-refractivity contribution in [3.8, 4) is 0 Å². The summed E-state index contributed by atoms with van der Waals surface area (Å²) >= 11 is 6.42. The number of piperazine rings is 1. The molecule has 47 heavy (non-hydrogen) atoms. The number of urea groups is 1. The third kappa shape index (κ3) is 7.04. The van der Waals surface area contributed by atoms with Crippen LogP contribution in [-0.4, -0.2) is 113 Å². The van der Waals surface area contributed by atoms with Gasteiger partial charge >= 0.3 is 23.8 Å². The van der Waals surface area contributed by atoms with Gasteiger partial charge in [-0.25, -0.2) is 9.59 Å². The van der Waals surface area contributed by atoms with Crippen LogP contribution in [0.3, 0.4) is 0 Å². The SMILES string of the molecule is CCN1CCN(C(=O)NC(C(=O)N[C@]2(SC)C(=O)N3C(C(=O)OC(C)(C)C)=C(CSc4cnns4)CS[C@H]32)c2cccs2)C(=O)C1=O. The number of hydrogen-bond acceptors (Lipinski definition) is 14. The highest BCUT2D eigenvalue weighted by atomic mass is 32.2. The molecule has 2 saturated heterocycles. The van der Waals surface area contributed by atoms with E-state index in [1.165, 1.54) is 56.2 Å². The zero-order chi connectivity index (χ0) is 34.1. The molecule has 2 aromatic heterocycles. The molecule has 0 saturated carbocycles. The van der Waals surface area contributed by atoms with Crippen molar-refractivity contribution in [3.63, 3.8) is 0 Å². The number of rotatable bonds is 10. The van der Waals surface area contributed by atoms with Gasteiger partial charge in [0, 0.05) is 36.0 Å². The van der Waals surface area contributed by atoms with Gasteiger partial charge in [0.05, 0.1) is 6.20 Å². The van der Waals surface area contributed by atoms with Crippen LogP contribution in [0.15, 0.2) is 39.2 Å². The van der Waals surface area contributed by atoms with E-state index in [0.717, 1.165) is 20.9 Å². The molecule has 19 heteroatoms. The van der Waals surface area contributed by atoms with Crippen molar-refractivity contribution in [2.45, 2.75) is 53.8 Å². The largest absolute Gasteiger partial charge is 0.455 e.